The second-order valence-electron chi connectivity index (χ2n) is 6.55. The Hall–Kier alpha value is -2.76. The minimum Gasteiger partial charge on any atom is -0.338 e. The summed E-state index contributed by atoms with van der Waals surface area (Å²) in [6, 6.07) is 10.5. The first-order chi connectivity index (χ1) is 14.3. The Morgan fingerprint density at radius 3 is 2.63 bits per heavy atom. The summed E-state index contributed by atoms with van der Waals surface area (Å²) in [6.07, 6.45) is 0.880. The molecule has 0 radical (unpaired) electrons. The van der Waals surface area contributed by atoms with Crippen LogP contribution < -0.4 is 5.14 Å². The van der Waals surface area contributed by atoms with Gasteiger partial charge in [-0.1, -0.05) is 23.8 Å². The van der Waals surface area contributed by atoms with E-state index >= 15 is 0 Å². The van der Waals surface area contributed by atoms with Crippen molar-refractivity contribution in [3.63, 3.8) is 0 Å². The SMILES string of the molecule is CCCn1c(SCc2nc(-c3ccc(F)cc3)no2)nc2cc(S(N)(=O)=O)ccc21. The normalized spacial score (nSPS) is 12.0. The highest BCUT2D eigenvalue weighted by Gasteiger charge is 2.16. The summed E-state index contributed by atoms with van der Waals surface area (Å²) in [5, 5.41) is 9.88. The molecule has 0 saturated carbocycles. The lowest BCUT2D eigenvalue weighted by molar-refractivity contribution is 0.391. The zero-order valence-electron chi connectivity index (χ0n) is 15.9. The van der Waals surface area contributed by atoms with Crippen LogP contribution in [-0.4, -0.2) is 28.1 Å². The molecular weight excluding hydrogens is 429 g/mol. The van der Waals surface area contributed by atoms with E-state index in [4.69, 9.17) is 9.66 Å². The molecule has 0 aliphatic carbocycles. The molecule has 2 aromatic heterocycles. The van der Waals surface area contributed by atoms with E-state index in [0.717, 1.165) is 18.5 Å². The van der Waals surface area contributed by atoms with Crippen LogP contribution in [0, 0.1) is 5.82 Å². The molecule has 0 saturated heterocycles. The molecule has 0 spiro atoms. The van der Waals surface area contributed by atoms with Crippen LogP contribution in [0.2, 0.25) is 0 Å². The Labute approximate surface area is 176 Å². The van der Waals surface area contributed by atoms with Crippen molar-refractivity contribution >= 4 is 32.8 Å². The number of halogens is 1. The van der Waals surface area contributed by atoms with E-state index in [1.54, 1.807) is 18.2 Å². The van der Waals surface area contributed by atoms with Crippen LogP contribution in [0.5, 0.6) is 0 Å². The number of fused-ring (bicyclic) bond motifs is 1. The van der Waals surface area contributed by atoms with Crippen LogP contribution in [0.15, 0.2) is 57.0 Å². The van der Waals surface area contributed by atoms with Gasteiger partial charge in [-0.3, -0.25) is 0 Å². The summed E-state index contributed by atoms with van der Waals surface area (Å²) in [5.74, 6) is 0.826. The van der Waals surface area contributed by atoms with Crippen LogP contribution in [0.3, 0.4) is 0 Å². The van der Waals surface area contributed by atoms with Crippen LogP contribution in [0.25, 0.3) is 22.4 Å². The minimum atomic E-state index is -3.80. The number of nitrogens with two attached hydrogens (primary N) is 1. The first-order valence-electron chi connectivity index (χ1n) is 9.09. The molecule has 0 aliphatic rings. The first-order valence-corrected chi connectivity index (χ1v) is 11.6. The maximum absolute atomic E-state index is 13.1. The summed E-state index contributed by atoms with van der Waals surface area (Å²) in [6.45, 7) is 2.77. The largest absolute Gasteiger partial charge is 0.338 e. The molecule has 156 valence electrons. The van der Waals surface area contributed by atoms with Gasteiger partial charge >= 0.3 is 0 Å². The molecule has 0 aliphatic heterocycles. The fourth-order valence-corrected chi connectivity index (χ4v) is 4.38. The molecule has 0 amide bonds. The average Bonchev–Trinajstić information content (AvgIpc) is 3.31. The molecular formula is C19H18FN5O3S2. The van der Waals surface area contributed by atoms with Crippen molar-refractivity contribution in [2.75, 3.05) is 0 Å². The lowest BCUT2D eigenvalue weighted by Crippen LogP contribution is -2.11. The van der Waals surface area contributed by atoms with Crippen molar-refractivity contribution in [2.24, 2.45) is 5.14 Å². The highest BCUT2D eigenvalue weighted by molar-refractivity contribution is 7.98. The van der Waals surface area contributed by atoms with Crippen molar-refractivity contribution in [2.45, 2.75) is 35.7 Å². The highest BCUT2D eigenvalue weighted by Crippen LogP contribution is 2.28. The smallest absolute Gasteiger partial charge is 0.238 e. The maximum Gasteiger partial charge on any atom is 0.238 e. The molecule has 11 heteroatoms. The zero-order chi connectivity index (χ0) is 21.3. The third-order valence-corrected chi connectivity index (χ3v) is 6.23. The van der Waals surface area contributed by atoms with Gasteiger partial charge in [-0.2, -0.15) is 4.98 Å². The molecule has 0 fully saturated rings. The molecule has 4 rings (SSSR count). The van der Waals surface area contributed by atoms with Crippen molar-refractivity contribution in [1.29, 1.82) is 0 Å². The number of aromatic nitrogens is 4. The van der Waals surface area contributed by atoms with E-state index < -0.39 is 10.0 Å². The number of hydrogen-bond acceptors (Lipinski definition) is 7. The van der Waals surface area contributed by atoms with E-state index in [0.29, 0.717) is 33.7 Å². The van der Waals surface area contributed by atoms with Gasteiger partial charge < -0.3 is 9.09 Å². The molecule has 0 atom stereocenters. The van der Waals surface area contributed by atoms with Crippen LogP contribution in [0.1, 0.15) is 19.2 Å². The number of aryl methyl sites for hydroxylation is 1. The number of benzene rings is 2. The molecule has 2 heterocycles. The Morgan fingerprint density at radius 1 is 1.17 bits per heavy atom. The number of primary sulfonamides is 1. The van der Waals surface area contributed by atoms with Crippen LogP contribution in [0.4, 0.5) is 4.39 Å². The number of imidazole rings is 1. The number of sulfonamides is 1. The second-order valence-corrected chi connectivity index (χ2v) is 9.05. The fourth-order valence-electron chi connectivity index (χ4n) is 2.97. The van der Waals surface area contributed by atoms with Gasteiger partial charge in [0, 0.05) is 12.1 Å². The first kappa shape index (κ1) is 20.5. The van der Waals surface area contributed by atoms with E-state index in [9.17, 15) is 12.8 Å². The molecule has 8 nitrogen and oxygen atoms in total. The summed E-state index contributed by atoms with van der Waals surface area (Å²) in [7, 11) is -3.80. The van der Waals surface area contributed by atoms with Crippen molar-refractivity contribution in [3.8, 4) is 11.4 Å². The van der Waals surface area contributed by atoms with Crippen molar-refractivity contribution in [1.82, 2.24) is 19.7 Å². The number of nitrogens with zero attached hydrogens (tertiary/aromatic N) is 4. The average molecular weight is 448 g/mol. The zero-order valence-corrected chi connectivity index (χ0v) is 17.6. The Morgan fingerprint density at radius 2 is 1.93 bits per heavy atom. The molecule has 0 unspecified atom stereocenters. The second kappa shape index (κ2) is 8.17. The van der Waals surface area contributed by atoms with E-state index in [-0.39, 0.29) is 10.7 Å². The van der Waals surface area contributed by atoms with Crippen molar-refractivity contribution in [3.05, 3.63) is 54.2 Å². The summed E-state index contributed by atoms with van der Waals surface area (Å²) in [5.41, 5.74) is 2.03. The van der Waals surface area contributed by atoms with E-state index in [1.165, 1.54) is 36.0 Å². The van der Waals surface area contributed by atoms with Gasteiger partial charge in [0.15, 0.2) is 5.16 Å². The van der Waals surface area contributed by atoms with Gasteiger partial charge in [-0.25, -0.2) is 22.9 Å². The molecule has 4 aromatic rings. The fraction of sp³-hybridized carbons (Fsp3) is 0.211. The predicted octanol–water partition coefficient (Wildman–Crippen LogP) is 3.58. The van der Waals surface area contributed by atoms with E-state index in [2.05, 4.69) is 15.1 Å². The summed E-state index contributed by atoms with van der Waals surface area (Å²) in [4.78, 5) is 8.94. The Kier molecular flexibility index (Phi) is 5.58. The van der Waals surface area contributed by atoms with Crippen LogP contribution in [-0.2, 0) is 22.3 Å². The van der Waals surface area contributed by atoms with E-state index in [1.807, 2.05) is 11.5 Å². The quantitative estimate of drug-likeness (QED) is 0.430. The van der Waals surface area contributed by atoms with Gasteiger partial charge in [0.05, 0.1) is 21.7 Å². The number of thioether (sulfide) groups is 1. The molecule has 30 heavy (non-hydrogen) atoms. The highest BCUT2D eigenvalue weighted by atomic mass is 32.2. The van der Waals surface area contributed by atoms with Crippen LogP contribution >= 0.6 is 11.8 Å². The third-order valence-electron chi connectivity index (χ3n) is 4.36. The molecule has 0 bridgehead atoms. The molecule has 2 N–H and O–H groups in total. The monoisotopic (exact) mass is 447 g/mol. The summed E-state index contributed by atoms with van der Waals surface area (Å²) < 4.78 is 43.7. The van der Waals surface area contributed by atoms with Gasteiger partial charge in [0.2, 0.25) is 21.7 Å². The standard InChI is InChI=1S/C19H18FN5O3S2/c1-2-9-25-16-8-7-14(30(21,26)27)10-15(16)22-19(25)29-11-17-23-18(24-28-17)12-3-5-13(20)6-4-12/h3-8,10H,2,9,11H2,1H3,(H2,21,26,27). The number of rotatable bonds is 7. The minimum absolute atomic E-state index is 0.0218. The molecule has 2 aromatic carbocycles. The topological polar surface area (TPSA) is 117 Å². The van der Waals surface area contributed by atoms with Gasteiger partial charge in [-0.15, -0.1) is 0 Å². The predicted molar refractivity (Wildman–Crippen MR) is 111 cm³/mol. The van der Waals surface area contributed by atoms with Gasteiger partial charge in [0.25, 0.3) is 0 Å². The summed E-state index contributed by atoms with van der Waals surface area (Å²) >= 11 is 1.41. The third kappa shape index (κ3) is 4.23. The lowest BCUT2D eigenvalue weighted by atomic mass is 10.2. The Balaban J connectivity index is 1.59. The maximum atomic E-state index is 13.1. The Bertz CT molecular complexity index is 1300. The lowest BCUT2D eigenvalue weighted by Gasteiger charge is -2.06. The number of hydrogen-bond donors (Lipinski definition) is 1. The van der Waals surface area contributed by atoms with Gasteiger partial charge in [-0.05, 0) is 48.9 Å². The van der Waals surface area contributed by atoms with Crippen molar-refractivity contribution < 1.29 is 17.3 Å². The van der Waals surface area contributed by atoms with Gasteiger partial charge in [0.1, 0.15) is 5.82 Å².